The van der Waals surface area contributed by atoms with Gasteiger partial charge >= 0.3 is 0 Å². The number of alkyl halides is 1. The van der Waals surface area contributed by atoms with Gasteiger partial charge in [0.15, 0.2) is 0 Å². The van der Waals surface area contributed by atoms with Crippen LogP contribution in [0.15, 0.2) is 24.3 Å². The predicted octanol–water partition coefficient (Wildman–Crippen LogP) is 1.95. The van der Waals surface area contributed by atoms with Crippen molar-refractivity contribution in [2.24, 2.45) is 5.73 Å². The Morgan fingerprint density at radius 1 is 1.50 bits per heavy atom. The Balaban J connectivity index is 2.38. The molecule has 1 heterocycles. The molecule has 0 saturated carbocycles. The van der Waals surface area contributed by atoms with Gasteiger partial charge in [-0.25, -0.2) is 4.39 Å². The van der Waals surface area contributed by atoms with Crippen molar-refractivity contribution in [1.29, 1.82) is 0 Å². The van der Waals surface area contributed by atoms with Gasteiger partial charge in [-0.05, 0) is 30.5 Å². The van der Waals surface area contributed by atoms with Crippen LogP contribution < -0.4 is 11.1 Å². The molecule has 1 aromatic carbocycles. The Kier molecular flexibility index (Phi) is 3.26. The molecule has 3 heteroatoms. The predicted molar refractivity (Wildman–Crippen MR) is 64.1 cm³/mol. The van der Waals surface area contributed by atoms with Crippen molar-refractivity contribution < 1.29 is 4.39 Å². The molecule has 1 aromatic rings. The monoisotopic (exact) mass is 222 g/mol. The van der Waals surface area contributed by atoms with E-state index >= 15 is 0 Å². The van der Waals surface area contributed by atoms with E-state index in [1.54, 1.807) is 0 Å². The maximum absolute atomic E-state index is 14.6. The molecule has 3 N–H and O–H groups in total. The van der Waals surface area contributed by atoms with Gasteiger partial charge in [0.05, 0.1) is 6.04 Å². The van der Waals surface area contributed by atoms with E-state index in [0.717, 1.165) is 18.5 Å². The van der Waals surface area contributed by atoms with Crippen LogP contribution in [0.3, 0.4) is 0 Å². The zero-order chi connectivity index (χ0) is 11.6. The standard InChI is InChI=1S/C13H19FN2/c1-2-13(14,9-15)12-11-6-4-3-5-10(11)7-8-16-12/h3-6,12,16H,2,7-9,15H2,1H3. The number of rotatable bonds is 3. The molecule has 1 aliphatic rings. The Morgan fingerprint density at radius 3 is 2.94 bits per heavy atom. The van der Waals surface area contributed by atoms with E-state index < -0.39 is 5.67 Å². The highest BCUT2D eigenvalue weighted by Crippen LogP contribution is 2.35. The SMILES string of the molecule is CCC(F)(CN)C1NCCc2ccccc21. The Morgan fingerprint density at radius 2 is 2.25 bits per heavy atom. The summed E-state index contributed by atoms with van der Waals surface area (Å²) in [7, 11) is 0. The quantitative estimate of drug-likeness (QED) is 0.820. The summed E-state index contributed by atoms with van der Waals surface area (Å²) < 4.78 is 14.6. The first-order chi connectivity index (χ1) is 7.71. The van der Waals surface area contributed by atoms with Gasteiger partial charge in [-0.1, -0.05) is 31.2 Å². The van der Waals surface area contributed by atoms with Crippen molar-refractivity contribution in [1.82, 2.24) is 5.32 Å². The topological polar surface area (TPSA) is 38.0 Å². The molecule has 2 nitrogen and oxygen atoms in total. The molecule has 1 aliphatic heterocycles. The molecule has 0 fully saturated rings. The van der Waals surface area contributed by atoms with Crippen LogP contribution in [0.2, 0.25) is 0 Å². The lowest BCUT2D eigenvalue weighted by Gasteiger charge is -2.37. The Labute approximate surface area is 96.0 Å². The Bertz CT molecular complexity index is 361. The molecule has 2 atom stereocenters. The average Bonchev–Trinajstić information content (AvgIpc) is 2.37. The molecular weight excluding hydrogens is 203 g/mol. The molecule has 0 aromatic heterocycles. The number of hydrogen-bond acceptors (Lipinski definition) is 2. The Hall–Kier alpha value is -0.930. The van der Waals surface area contributed by atoms with Gasteiger partial charge in [-0.2, -0.15) is 0 Å². The summed E-state index contributed by atoms with van der Waals surface area (Å²) in [6, 6.07) is 7.80. The number of nitrogens with one attached hydrogen (secondary N) is 1. The largest absolute Gasteiger partial charge is 0.327 e. The highest BCUT2D eigenvalue weighted by atomic mass is 19.1. The molecule has 16 heavy (non-hydrogen) atoms. The van der Waals surface area contributed by atoms with Crippen molar-refractivity contribution in [3.8, 4) is 0 Å². The van der Waals surface area contributed by atoms with E-state index in [4.69, 9.17) is 5.73 Å². The second-order valence-electron chi connectivity index (χ2n) is 4.43. The third-order valence-corrected chi connectivity index (χ3v) is 3.55. The van der Waals surface area contributed by atoms with Crippen molar-refractivity contribution in [2.75, 3.05) is 13.1 Å². The number of hydrogen-bond donors (Lipinski definition) is 2. The van der Waals surface area contributed by atoms with E-state index in [0.29, 0.717) is 6.42 Å². The van der Waals surface area contributed by atoms with Crippen molar-refractivity contribution in [3.63, 3.8) is 0 Å². The molecule has 0 aliphatic carbocycles. The first-order valence-corrected chi connectivity index (χ1v) is 5.91. The third-order valence-electron chi connectivity index (χ3n) is 3.55. The highest BCUT2D eigenvalue weighted by molar-refractivity contribution is 5.34. The lowest BCUT2D eigenvalue weighted by atomic mass is 9.83. The van der Waals surface area contributed by atoms with Crippen LogP contribution in [-0.2, 0) is 6.42 Å². The zero-order valence-electron chi connectivity index (χ0n) is 9.67. The molecule has 2 unspecified atom stereocenters. The lowest BCUT2D eigenvalue weighted by molar-refractivity contribution is 0.105. The van der Waals surface area contributed by atoms with E-state index in [1.807, 2.05) is 25.1 Å². The summed E-state index contributed by atoms with van der Waals surface area (Å²) in [6.45, 7) is 2.74. The molecular formula is C13H19FN2. The maximum atomic E-state index is 14.6. The number of nitrogens with two attached hydrogens (primary N) is 1. The van der Waals surface area contributed by atoms with Crippen LogP contribution in [0.4, 0.5) is 4.39 Å². The molecule has 0 bridgehead atoms. The first kappa shape index (κ1) is 11.6. The number of fused-ring (bicyclic) bond motifs is 1. The summed E-state index contributed by atoms with van der Waals surface area (Å²) in [6.07, 6.45) is 1.41. The summed E-state index contributed by atoms with van der Waals surface area (Å²) in [5.74, 6) is 0. The molecule has 0 spiro atoms. The van der Waals surface area contributed by atoms with Gasteiger partial charge in [0.1, 0.15) is 5.67 Å². The minimum Gasteiger partial charge on any atom is -0.327 e. The van der Waals surface area contributed by atoms with Crippen molar-refractivity contribution >= 4 is 0 Å². The second kappa shape index (κ2) is 4.52. The van der Waals surface area contributed by atoms with E-state index in [1.165, 1.54) is 5.56 Å². The number of halogens is 1. The van der Waals surface area contributed by atoms with Gasteiger partial charge in [-0.15, -0.1) is 0 Å². The normalized spacial score (nSPS) is 23.6. The zero-order valence-corrected chi connectivity index (χ0v) is 9.67. The number of benzene rings is 1. The maximum Gasteiger partial charge on any atom is 0.142 e. The highest BCUT2D eigenvalue weighted by Gasteiger charge is 2.39. The van der Waals surface area contributed by atoms with E-state index in [2.05, 4.69) is 11.4 Å². The summed E-state index contributed by atoms with van der Waals surface area (Å²) in [5.41, 5.74) is 6.57. The van der Waals surface area contributed by atoms with Crippen molar-refractivity contribution in [2.45, 2.75) is 31.5 Å². The smallest absolute Gasteiger partial charge is 0.142 e. The van der Waals surface area contributed by atoms with Crippen LogP contribution in [0.1, 0.15) is 30.5 Å². The average molecular weight is 222 g/mol. The first-order valence-electron chi connectivity index (χ1n) is 5.91. The third kappa shape index (κ3) is 1.85. The molecule has 0 radical (unpaired) electrons. The van der Waals surface area contributed by atoms with Gasteiger partial charge in [-0.3, -0.25) is 0 Å². The fourth-order valence-electron chi connectivity index (χ4n) is 2.43. The molecule has 0 amide bonds. The van der Waals surface area contributed by atoms with Gasteiger partial charge < -0.3 is 11.1 Å². The molecule has 2 rings (SSSR count). The summed E-state index contributed by atoms with van der Waals surface area (Å²) in [4.78, 5) is 0. The van der Waals surface area contributed by atoms with Gasteiger partial charge in [0, 0.05) is 6.54 Å². The second-order valence-corrected chi connectivity index (χ2v) is 4.43. The fourth-order valence-corrected chi connectivity index (χ4v) is 2.43. The minimum atomic E-state index is -1.34. The van der Waals surface area contributed by atoms with Crippen molar-refractivity contribution in [3.05, 3.63) is 35.4 Å². The van der Waals surface area contributed by atoms with E-state index in [9.17, 15) is 4.39 Å². The fraction of sp³-hybridized carbons (Fsp3) is 0.538. The molecule has 0 saturated heterocycles. The van der Waals surface area contributed by atoms with E-state index in [-0.39, 0.29) is 12.6 Å². The van der Waals surface area contributed by atoms with Crippen LogP contribution in [0.5, 0.6) is 0 Å². The molecule has 88 valence electrons. The van der Waals surface area contributed by atoms with Gasteiger partial charge in [0.25, 0.3) is 0 Å². The summed E-state index contributed by atoms with van der Waals surface area (Å²) >= 11 is 0. The van der Waals surface area contributed by atoms with Crippen LogP contribution >= 0.6 is 0 Å². The van der Waals surface area contributed by atoms with Crippen LogP contribution in [-0.4, -0.2) is 18.8 Å². The van der Waals surface area contributed by atoms with Crippen LogP contribution in [0, 0.1) is 0 Å². The summed E-state index contributed by atoms with van der Waals surface area (Å²) in [5, 5.41) is 3.26. The lowest BCUT2D eigenvalue weighted by Crippen LogP contribution is -2.48. The minimum absolute atomic E-state index is 0.0650. The van der Waals surface area contributed by atoms with Crippen LogP contribution in [0.25, 0.3) is 0 Å². The van der Waals surface area contributed by atoms with Gasteiger partial charge in [0.2, 0.25) is 0 Å².